The molecule has 4 rings (SSSR count). The summed E-state index contributed by atoms with van der Waals surface area (Å²) >= 11 is 0. The molecular weight excluding hydrogens is 634 g/mol. The van der Waals surface area contributed by atoms with Gasteiger partial charge in [-0.25, -0.2) is 9.78 Å². The second-order valence-corrected chi connectivity index (χ2v) is 13.3. The molecule has 1 unspecified atom stereocenters. The van der Waals surface area contributed by atoms with Gasteiger partial charge in [0.05, 0.1) is 12.3 Å². The number of pyridine rings is 1. The Morgan fingerprint density at radius 3 is 2.18 bits per heavy atom. The molecule has 0 aliphatic carbocycles. The van der Waals surface area contributed by atoms with Crippen molar-refractivity contribution >= 4 is 17.8 Å². The number of nitrogens with two attached hydrogens (primary N) is 1. The molecule has 0 saturated heterocycles. The van der Waals surface area contributed by atoms with E-state index < -0.39 is 29.6 Å². The first kappa shape index (κ1) is 37.6. The number of ether oxygens (including phenoxy) is 2. The van der Waals surface area contributed by atoms with E-state index in [0.29, 0.717) is 49.3 Å². The van der Waals surface area contributed by atoms with Gasteiger partial charge in [-0.3, -0.25) is 9.59 Å². The highest BCUT2D eigenvalue weighted by atomic mass is 16.6. The fraction of sp³-hybridized carbons (Fsp3) is 0.350. The van der Waals surface area contributed by atoms with Crippen LogP contribution in [0.25, 0.3) is 22.4 Å². The highest BCUT2D eigenvalue weighted by Crippen LogP contribution is 2.29. The third kappa shape index (κ3) is 12.0. The fourth-order valence-corrected chi connectivity index (χ4v) is 5.41. The fourth-order valence-electron chi connectivity index (χ4n) is 5.41. The number of carbonyl (C=O) groups is 3. The van der Waals surface area contributed by atoms with Crippen LogP contribution in [-0.4, -0.2) is 57.3 Å². The lowest BCUT2D eigenvalue weighted by molar-refractivity contribution is -0.156. The van der Waals surface area contributed by atoms with Crippen LogP contribution in [0.1, 0.15) is 64.0 Å². The molecule has 2 atom stereocenters. The third-order valence-electron chi connectivity index (χ3n) is 7.96. The number of carboxylic acid groups (broad SMARTS) is 1. The normalized spacial score (nSPS) is 12.5. The Labute approximate surface area is 293 Å². The van der Waals surface area contributed by atoms with E-state index >= 15 is 0 Å². The first-order valence-corrected chi connectivity index (χ1v) is 16.9. The molecule has 0 radical (unpaired) electrons. The molecule has 1 aromatic heterocycles. The van der Waals surface area contributed by atoms with Gasteiger partial charge < -0.3 is 30.7 Å². The van der Waals surface area contributed by atoms with Crippen LogP contribution >= 0.6 is 0 Å². The number of hydrogen-bond acceptors (Lipinski definition) is 8. The highest BCUT2D eigenvalue weighted by Gasteiger charge is 2.24. The highest BCUT2D eigenvalue weighted by molar-refractivity contribution is 5.83. The minimum atomic E-state index is -1.17. The number of aromatic nitrogens is 1. The summed E-state index contributed by atoms with van der Waals surface area (Å²) in [5.41, 5.74) is 10.5. The third-order valence-corrected chi connectivity index (χ3v) is 7.96. The average Bonchev–Trinajstić information content (AvgIpc) is 3.09. The number of esters is 1. The van der Waals surface area contributed by atoms with Crippen LogP contribution in [0.15, 0.2) is 91.0 Å². The summed E-state index contributed by atoms with van der Waals surface area (Å²) in [6.45, 7) is 5.68. The van der Waals surface area contributed by atoms with Gasteiger partial charge in [-0.05, 0) is 93.3 Å². The van der Waals surface area contributed by atoms with Crippen molar-refractivity contribution in [1.82, 2.24) is 10.3 Å². The molecule has 0 bridgehead atoms. The maximum atomic E-state index is 12.8. The molecule has 264 valence electrons. The summed E-state index contributed by atoms with van der Waals surface area (Å²) < 4.78 is 11.4. The van der Waals surface area contributed by atoms with Crippen molar-refractivity contribution in [2.45, 2.75) is 83.4 Å². The molecule has 0 aliphatic heterocycles. The van der Waals surface area contributed by atoms with Gasteiger partial charge in [0.25, 0.3) is 0 Å². The number of carboxylic acids is 1. The maximum absolute atomic E-state index is 12.8. The summed E-state index contributed by atoms with van der Waals surface area (Å²) in [6.07, 6.45) is 2.67. The van der Waals surface area contributed by atoms with Crippen molar-refractivity contribution in [1.29, 1.82) is 0 Å². The largest absolute Gasteiger partial charge is 0.508 e. The van der Waals surface area contributed by atoms with Crippen LogP contribution < -0.4 is 15.8 Å². The van der Waals surface area contributed by atoms with Crippen molar-refractivity contribution in [3.05, 3.63) is 102 Å². The van der Waals surface area contributed by atoms with E-state index in [0.717, 1.165) is 22.4 Å². The smallest absolute Gasteiger partial charge is 0.326 e. The lowest BCUT2D eigenvalue weighted by Crippen LogP contribution is -2.42. The Morgan fingerprint density at radius 1 is 0.840 bits per heavy atom. The van der Waals surface area contributed by atoms with Crippen molar-refractivity contribution in [3.63, 3.8) is 0 Å². The van der Waals surface area contributed by atoms with E-state index in [9.17, 15) is 24.6 Å². The van der Waals surface area contributed by atoms with Gasteiger partial charge >= 0.3 is 11.9 Å². The molecule has 10 nitrogen and oxygen atoms in total. The SMILES string of the molecule is CC(C)(C)OC(=O)C(N)CCc1cc(O)ccc1C[C@H](NC(=O)CCCCCOc1cc(-c2ccccc2)cc(-c2ccccc2)n1)C(=O)O. The van der Waals surface area contributed by atoms with Gasteiger partial charge in [-0.2, -0.15) is 0 Å². The second kappa shape index (κ2) is 18.0. The Kier molecular flexibility index (Phi) is 13.5. The molecule has 50 heavy (non-hydrogen) atoms. The number of rotatable bonds is 17. The summed E-state index contributed by atoms with van der Waals surface area (Å²) in [5, 5.41) is 22.6. The van der Waals surface area contributed by atoms with Crippen molar-refractivity contribution in [3.8, 4) is 34.0 Å². The number of aliphatic carboxylic acids is 1. The number of nitrogens with zero attached hydrogens (tertiary/aromatic N) is 1. The van der Waals surface area contributed by atoms with Crippen LogP contribution in [-0.2, 0) is 32.0 Å². The van der Waals surface area contributed by atoms with E-state index in [2.05, 4.69) is 5.32 Å². The number of amides is 1. The minimum absolute atomic E-state index is 0.00537. The molecule has 0 aliphatic rings. The van der Waals surface area contributed by atoms with E-state index in [1.807, 2.05) is 72.8 Å². The molecule has 10 heteroatoms. The number of benzene rings is 3. The van der Waals surface area contributed by atoms with Crippen LogP contribution in [0.4, 0.5) is 0 Å². The minimum Gasteiger partial charge on any atom is -0.508 e. The zero-order valence-electron chi connectivity index (χ0n) is 28.9. The van der Waals surface area contributed by atoms with E-state index in [4.69, 9.17) is 20.2 Å². The first-order chi connectivity index (χ1) is 23.9. The molecule has 3 aromatic carbocycles. The quantitative estimate of drug-likeness (QED) is 0.0723. The predicted molar refractivity (Wildman–Crippen MR) is 193 cm³/mol. The number of aromatic hydroxyl groups is 1. The van der Waals surface area contributed by atoms with Crippen molar-refractivity contribution in [2.24, 2.45) is 5.73 Å². The van der Waals surface area contributed by atoms with E-state index in [1.54, 1.807) is 26.8 Å². The number of phenolic OH excluding ortho intramolecular Hbond substituents is 1. The first-order valence-electron chi connectivity index (χ1n) is 16.9. The zero-order chi connectivity index (χ0) is 36.1. The average molecular weight is 682 g/mol. The summed E-state index contributed by atoms with van der Waals surface area (Å²) in [5.74, 6) is -1.54. The lowest BCUT2D eigenvalue weighted by atomic mass is 9.95. The Hall–Kier alpha value is -5.22. The van der Waals surface area contributed by atoms with Crippen LogP contribution in [0.2, 0.25) is 0 Å². The monoisotopic (exact) mass is 681 g/mol. The van der Waals surface area contributed by atoms with Crippen molar-refractivity contribution in [2.75, 3.05) is 6.61 Å². The second-order valence-electron chi connectivity index (χ2n) is 13.3. The summed E-state index contributed by atoms with van der Waals surface area (Å²) in [4.78, 5) is 41.9. The number of aryl methyl sites for hydroxylation is 1. The maximum Gasteiger partial charge on any atom is 0.326 e. The molecule has 1 amide bonds. The Morgan fingerprint density at radius 2 is 1.52 bits per heavy atom. The van der Waals surface area contributed by atoms with E-state index in [1.165, 1.54) is 12.1 Å². The molecule has 4 aromatic rings. The topological polar surface area (TPSA) is 161 Å². The van der Waals surface area contributed by atoms with Crippen LogP contribution in [0.3, 0.4) is 0 Å². The van der Waals surface area contributed by atoms with Gasteiger partial charge in [-0.1, -0.05) is 66.7 Å². The molecule has 1 heterocycles. The summed E-state index contributed by atoms with van der Waals surface area (Å²) in [6, 6.07) is 26.5. The van der Waals surface area contributed by atoms with Crippen molar-refractivity contribution < 1.29 is 34.1 Å². The molecule has 0 spiro atoms. The predicted octanol–water partition coefficient (Wildman–Crippen LogP) is 6.47. The number of unbranched alkanes of at least 4 members (excludes halogenated alkanes) is 2. The van der Waals surface area contributed by atoms with Crippen LogP contribution in [0.5, 0.6) is 11.6 Å². The Balaban J connectivity index is 1.27. The number of phenols is 1. The molecule has 0 saturated carbocycles. The molecular formula is C40H47N3O7. The standard InChI is InChI=1S/C40H47N3O7/c1-40(2,3)50-39(48)33(41)21-19-29-23-32(44)20-18-30(29)24-35(38(46)47)42-36(45)17-11-6-12-22-49-37-26-31(27-13-7-4-8-14-27)25-34(43-37)28-15-9-5-10-16-28/h4-5,7-10,13-16,18,20,23,25-26,33,35,44H,6,11-12,17,19,21-22,24,41H2,1-3H3,(H,42,45)(H,46,47)/t33?,35-/m0/s1. The number of carbonyl (C=O) groups excluding carboxylic acids is 2. The van der Waals surface area contributed by atoms with E-state index in [-0.39, 0.29) is 30.9 Å². The number of nitrogens with one attached hydrogen (secondary N) is 1. The molecule has 0 fully saturated rings. The van der Waals surface area contributed by atoms with Gasteiger partial charge in [0.2, 0.25) is 11.8 Å². The van der Waals surface area contributed by atoms with Gasteiger partial charge in [0, 0.05) is 24.5 Å². The van der Waals surface area contributed by atoms with Gasteiger partial charge in [0.15, 0.2) is 0 Å². The van der Waals surface area contributed by atoms with Crippen LogP contribution in [0, 0.1) is 0 Å². The van der Waals surface area contributed by atoms with Gasteiger partial charge in [0.1, 0.15) is 23.4 Å². The summed E-state index contributed by atoms with van der Waals surface area (Å²) in [7, 11) is 0. The zero-order valence-corrected chi connectivity index (χ0v) is 28.9. The lowest BCUT2D eigenvalue weighted by Gasteiger charge is -2.22. The Bertz CT molecular complexity index is 1660. The molecule has 5 N–H and O–H groups in total. The number of hydrogen-bond donors (Lipinski definition) is 4. The van der Waals surface area contributed by atoms with Gasteiger partial charge in [-0.15, -0.1) is 0 Å².